The van der Waals surface area contributed by atoms with E-state index in [0.29, 0.717) is 5.69 Å². The van der Waals surface area contributed by atoms with Gasteiger partial charge in [0.15, 0.2) is 23.3 Å². The van der Waals surface area contributed by atoms with E-state index in [1.807, 2.05) is 0 Å². The Kier molecular flexibility index (Phi) is 3.47. The maximum Gasteiger partial charge on any atom is 0.200 e. The summed E-state index contributed by atoms with van der Waals surface area (Å²) in [6.45, 7) is -0.601. The van der Waals surface area contributed by atoms with Crippen LogP contribution in [0.25, 0.3) is 0 Å². The Morgan fingerprint density at radius 1 is 0.947 bits per heavy atom. The molecular weight excluding hydrogens is 271 g/mol. The van der Waals surface area contributed by atoms with Gasteiger partial charge in [0.25, 0.3) is 0 Å². The van der Waals surface area contributed by atoms with Crippen molar-refractivity contribution < 1.29 is 22.0 Å². The SMILES string of the molecule is NCc1cn(Cc2c(F)c(F)c(F)c(F)c2F)nn1. The predicted octanol–water partition coefficient (Wildman–Crippen LogP) is 1.48. The zero-order valence-electron chi connectivity index (χ0n) is 9.30. The van der Waals surface area contributed by atoms with Crippen LogP contribution >= 0.6 is 0 Å². The van der Waals surface area contributed by atoms with Crippen molar-refractivity contribution >= 4 is 0 Å². The number of halogens is 5. The molecule has 2 aromatic rings. The highest BCUT2D eigenvalue weighted by Crippen LogP contribution is 2.23. The Morgan fingerprint density at radius 3 is 1.95 bits per heavy atom. The number of rotatable bonds is 3. The highest BCUT2D eigenvalue weighted by Gasteiger charge is 2.25. The Morgan fingerprint density at radius 2 is 1.47 bits per heavy atom. The molecule has 0 amide bonds. The fourth-order valence-electron chi connectivity index (χ4n) is 1.46. The number of benzene rings is 1. The maximum atomic E-state index is 13.4. The molecule has 102 valence electrons. The van der Waals surface area contributed by atoms with Crippen LogP contribution in [0.3, 0.4) is 0 Å². The molecule has 0 bridgehead atoms. The first-order valence-electron chi connectivity index (χ1n) is 5.05. The van der Waals surface area contributed by atoms with E-state index in [1.54, 1.807) is 0 Å². The molecule has 0 aliphatic heterocycles. The standard InChI is InChI=1S/C10H7F5N4/c11-6-5(3-19-2-4(1-16)17-18-19)7(12)9(14)10(15)8(6)13/h2H,1,3,16H2. The van der Waals surface area contributed by atoms with Gasteiger partial charge in [-0.25, -0.2) is 26.6 Å². The summed E-state index contributed by atoms with van der Waals surface area (Å²) in [4.78, 5) is 0. The van der Waals surface area contributed by atoms with Crippen LogP contribution in [0.1, 0.15) is 11.3 Å². The minimum Gasteiger partial charge on any atom is -0.325 e. The summed E-state index contributed by atoms with van der Waals surface area (Å²) in [7, 11) is 0. The number of nitrogens with two attached hydrogens (primary N) is 1. The van der Waals surface area contributed by atoms with Gasteiger partial charge in [0, 0.05) is 6.54 Å². The molecule has 1 aromatic heterocycles. The van der Waals surface area contributed by atoms with Gasteiger partial charge in [-0.15, -0.1) is 5.10 Å². The average molecular weight is 278 g/mol. The minimum absolute atomic E-state index is 0.0388. The Bertz CT molecular complexity index is 596. The van der Waals surface area contributed by atoms with Crippen molar-refractivity contribution in [3.05, 3.63) is 46.5 Å². The third kappa shape index (κ3) is 2.28. The van der Waals surface area contributed by atoms with Crippen LogP contribution in [-0.4, -0.2) is 15.0 Å². The lowest BCUT2D eigenvalue weighted by molar-refractivity contribution is 0.366. The van der Waals surface area contributed by atoms with Crippen molar-refractivity contribution in [2.45, 2.75) is 13.1 Å². The average Bonchev–Trinajstić information content (AvgIpc) is 2.87. The van der Waals surface area contributed by atoms with E-state index in [0.717, 1.165) is 4.68 Å². The van der Waals surface area contributed by atoms with E-state index >= 15 is 0 Å². The van der Waals surface area contributed by atoms with Crippen molar-refractivity contribution in [3.8, 4) is 0 Å². The van der Waals surface area contributed by atoms with Gasteiger partial charge in [0.05, 0.1) is 24.0 Å². The smallest absolute Gasteiger partial charge is 0.200 e. The lowest BCUT2D eigenvalue weighted by Gasteiger charge is -2.07. The van der Waals surface area contributed by atoms with Gasteiger partial charge >= 0.3 is 0 Å². The summed E-state index contributed by atoms with van der Waals surface area (Å²) in [5, 5.41) is 7.00. The molecule has 19 heavy (non-hydrogen) atoms. The lowest BCUT2D eigenvalue weighted by Crippen LogP contribution is -2.11. The molecule has 0 saturated heterocycles. The first-order chi connectivity index (χ1) is 8.95. The van der Waals surface area contributed by atoms with Crippen molar-refractivity contribution in [3.63, 3.8) is 0 Å². The van der Waals surface area contributed by atoms with Crippen molar-refractivity contribution in [1.82, 2.24) is 15.0 Å². The fraction of sp³-hybridized carbons (Fsp3) is 0.200. The molecule has 1 heterocycles. The largest absolute Gasteiger partial charge is 0.325 e. The van der Waals surface area contributed by atoms with E-state index in [9.17, 15) is 22.0 Å². The molecule has 0 atom stereocenters. The molecule has 2 N–H and O–H groups in total. The summed E-state index contributed by atoms with van der Waals surface area (Å²) in [5.74, 6) is -9.96. The van der Waals surface area contributed by atoms with Gasteiger partial charge < -0.3 is 5.73 Å². The van der Waals surface area contributed by atoms with E-state index in [2.05, 4.69) is 10.3 Å². The van der Waals surface area contributed by atoms with E-state index < -0.39 is 41.2 Å². The lowest BCUT2D eigenvalue weighted by atomic mass is 10.1. The topological polar surface area (TPSA) is 56.7 Å². The molecule has 0 aliphatic rings. The van der Waals surface area contributed by atoms with Gasteiger partial charge in [-0.2, -0.15) is 0 Å². The molecular formula is C10H7F5N4. The monoisotopic (exact) mass is 278 g/mol. The molecule has 1 aromatic carbocycles. The second-order valence-corrected chi connectivity index (χ2v) is 3.66. The Labute approximate surface area is 103 Å². The van der Waals surface area contributed by atoms with Crippen molar-refractivity contribution in [2.75, 3.05) is 0 Å². The minimum atomic E-state index is -2.19. The third-order valence-electron chi connectivity index (χ3n) is 2.42. The number of nitrogens with zero attached hydrogens (tertiary/aromatic N) is 3. The molecule has 0 unspecified atom stereocenters. The van der Waals surface area contributed by atoms with Crippen LogP contribution < -0.4 is 5.73 Å². The summed E-state index contributed by atoms with van der Waals surface area (Å²) < 4.78 is 66.4. The molecule has 9 heteroatoms. The van der Waals surface area contributed by atoms with Gasteiger partial charge in [-0.3, -0.25) is 0 Å². The second kappa shape index (κ2) is 4.92. The van der Waals surface area contributed by atoms with Crippen LogP contribution in [0.4, 0.5) is 22.0 Å². The predicted molar refractivity (Wildman–Crippen MR) is 53.2 cm³/mol. The van der Waals surface area contributed by atoms with Crippen LogP contribution in [0.5, 0.6) is 0 Å². The summed E-state index contributed by atoms with van der Waals surface area (Å²) in [6, 6.07) is 0. The first kappa shape index (κ1) is 13.4. The van der Waals surface area contributed by atoms with Gasteiger partial charge in [0.2, 0.25) is 5.82 Å². The molecule has 0 radical (unpaired) electrons. The van der Waals surface area contributed by atoms with E-state index in [4.69, 9.17) is 5.73 Å². The fourth-order valence-corrected chi connectivity index (χ4v) is 1.46. The molecule has 0 spiro atoms. The zero-order valence-corrected chi connectivity index (χ0v) is 9.30. The molecule has 0 aliphatic carbocycles. The highest BCUT2D eigenvalue weighted by molar-refractivity contribution is 5.24. The Balaban J connectivity index is 2.45. The van der Waals surface area contributed by atoms with Gasteiger partial charge in [-0.05, 0) is 0 Å². The normalized spacial score (nSPS) is 11.1. The second-order valence-electron chi connectivity index (χ2n) is 3.66. The highest BCUT2D eigenvalue weighted by atomic mass is 19.2. The molecule has 0 fully saturated rings. The van der Waals surface area contributed by atoms with Gasteiger partial charge in [0.1, 0.15) is 0 Å². The van der Waals surface area contributed by atoms with Crippen LogP contribution in [-0.2, 0) is 13.1 Å². The third-order valence-corrected chi connectivity index (χ3v) is 2.42. The van der Waals surface area contributed by atoms with E-state index in [1.165, 1.54) is 6.20 Å². The number of hydrogen-bond donors (Lipinski definition) is 1. The zero-order chi connectivity index (χ0) is 14.2. The molecule has 0 saturated carbocycles. The Hall–Kier alpha value is -2.03. The number of hydrogen-bond acceptors (Lipinski definition) is 3. The summed E-state index contributed by atoms with van der Waals surface area (Å²) in [5.41, 5.74) is 4.59. The van der Waals surface area contributed by atoms with Crippen molar-refractivity contribution in [1.29, 1.82) is 0 Å². The van der Waals surface area contributed by atoms with Gasteiger partial charge in [-0.1, -0.05) is 5.21 Å². The van der Waals surface area contributed by atoms with Crippen molar-refractivity contribution in [2.24, 2.45) is 5.73 Å². The quantitative estimate of drug-likeness (QED) is 0.525. The summed E-state index contributed by atoms with van der Waals surface area (Å²) in [6.07, 6.45) is 1.25. The molecule has 2 rings (SSSR count). The maximum absolute atomic E-state index is 13.4. The number of aromatic nitrogens is 3. The summed E-state index contributed by atoms with van der Waals surface area (Å²) >= 11 is 0. The molecule has 4 nitrogen and oxygen atoms in total. The van der Waals surface area contributed by atoms with Crippen LogP contribution in [0.2, 0.25) is 0 Å². The van der Waals surface area contributed by atoms with Crippen LogP contribution in [0.15, 0.2) is 6.20 Å². The van der Waals surface area contributed by atoms with E-state index in [-0.39, 0.29) is 6.54 Å². The van der Waals surface area contributed by atoms with Crippen LogP contribution in [0, 0.1) is 29.1 Å². The first-order valence-corrected chi connectivity index (χ1v) is 5.05.